The monoisotopic (exact) mass is 390 g/mol. The number of nitro benzene ring substituents is 1. The van der Waals surface area contributed by atoms with Crippen LogP contribution in [0.15, 0.2) is 18.2 Å². The lowest BCUT2D eigenvalue weighted by Gasteiger charge is -2.34. The van der Waals surface area contributed by atoms with Gasteiger partial charge in [0.25, 0.3) is 0 Å². The molecule has 1 amide bonds. The topological polar surface area (TPSA) is 81.9 Å². The van der Waals surface area contributed by atoms with Crippen molar-refractivity contribution in [1.82, 2.24) is 4.90 Å². The van der Waals surface area contributed by atoms with Crippen LogP contribution >= 0.6 is 0 Å². The molecule has 0 spiro atoms. The summed E-state index contributed by atoms with van der Waals surface area (Å²) in [5.41, 5.74) is -2.29. The summed E-state index contributed by atoms with van der Waals surface area (Å²) in [5.74, 6) is -0.467. The second kappa shape index (κ2) is 7.61. The summed E-state index contributed by atoms with van der Waals surface area (Å²) >= 11 is 0. The molecule has 10 heteroatoms. The van der Waals surface area contributed by atoms with E-state index in [-0.39, 0.29) is 6.54 Å². The van der Waals surface area contributed by atoms with Gasteiger partial charge in [0.2, 0.25) is 0 Å². The molecule has 0 bridgehead atoms. The normalized spacial score (nSPS) is 18.1. The van der Waals surface area contributed by atoms with Crippen molar-refractivity contribution in [2.24, 2.45) is 0 Å². The molecule has 0 radical (unpaired) electrons. The van der Waals surface area contributed by atoms with Crippen LogP contribution in [0.2, 0.25) is 0 Å². The fourth-order valence-corrected chi connectivity index (χ4v) is 2.64. The van der Waals surface area contributed by atoms with E-state index in [1.807, 2.05) is 0 Å². The molecule has 2 rings (SSSR count). The van der Waals surface area contributed by atoms with E-state index in [9.17, 15) is 28.1 Å². The van der Waals surface area contributed by atoms with Crippen LogP contribution in [0.5, 0.6) is 5.75 Å². The molecule has 1 atom stereocenters. The van der Waals surface area contributed by atoms with E-state index in [0.29, 0.717) is 31.5 Å². The van der Waals surface area contributed by atoms with Gasteiger partial charge in [-0.3, -0.25) is 10.1 Å². The van der Waals surface area contributed by atoms with Gasteiger partial charge in [-0.25, -0.2) is 4.79 Å². The Hall–Kier alpha value is -2.52. The van der Waals surface area contributed by atoms with Crippen LogP contribution < -0.4 is 4.74 Å². The van der Waals surface area contributed by atoms with Crippen molar-refractivity contribution in [3.05, 3.63) is 33.9 Å². The Labute approximate surface area is 154 Å². The van der Waals surface area contributed by atoms with Gasteiger partial charge in [-0.2, -0.15) is 13.2 Å². The minimum Gasteiger partial charge on any atom is -0.482 e. The van der Waals surface area contributed by atoms with Crippen molar-refractivity contribution in [2.45, 2.75) is 51.5 Å². The van der Waals surface area contributed by atoms with Gasteiger partial charge in [-0.05, 0) is 45.7 Å². The highest BCUT2D eigenvalue weighted by atomic mass is 19.4. The zero-order valence-corrected chi connectivity index (χ0v) is 15.2. The number of carbonyl (C=O) groups excluding carboxylic acids is 1. The third-order valence-corrected chi connectivity index (χ3v) is 3.81. The maximum atomic E-state index is 12.9. The molecule has 1 unspecified atom stereocenters. The minimum absolute atomic E-state index is 0.0717. The highest BCUT2D eigenvalue weighted by Crippen LogP contribution is 2.37. The van der Waals surface area contributed by atoms with Crippen molar-refractivity contribution in [3.8, 4) is 5.75 Å². The van der Waals surface area contributed by atoms with Crippen LogP contribution in [0.3, 0.4) is 0 Å². The number of nitrogens with zero attached hydrogens (tertiary/aromatic N) is 2. The first-order valence-corrected chi connectivity index (χ1v) is 8.37. The smallest absolute Gasteiger partial charge is 0.416 e. The molecule has 150 valence electrons. The zero-order valence-electron chi connectivity index (χ0n) is 15.2. The molecule has 0 aliphatic carbocycles. The van der Waals surface area contributed by atoms with Crippen LogP contribution in [-0.2, 0) is 10.9 Å². The number of hydrogen-bond acceptors (Lipinski definition) is 5. The first-order valence-electron chi connectivity index (χ1n) is 8.37. The maximum absolute atomic E-state index is 12.9. The van der Waals surface area contributed by atoms with Crippen LogP contribution in [0.25, 0.3) is 0 Å². The predicted molar refractivity (Wildman–Crippen MR) is 89.6 cm³/mol. The van der Waals surface area contributed by atoms with Crippen LogP contribution in [-0.4, -0.2) is 40.7 Å². The average Bonchev–Trinajstić information content (AvgIpc) is 2.52. The summed E-state index contributed by atoms with van der Waals surface area (Å²) in [6.45, 7) is 5.64. The quantitative estimate of drug-likeness (QED) is 0.565. The molecule has 1 saturated heterocycles. The van der Waals surface area contributed by atoms with E-state index in [0.717, 1.165) is 6.07 Å². The Bertz CT molecular complexity index is 716. The lowest BCUT2D eigenvalue weighted by molar-refractivity contribution is -0.386. The summed E-state index contributed by atoms with van der Waals surface area (Å²) in [4.78, 5) is 23.9. The van der Waals surface area contributed by atoms with Crippen LogP contribution in [0.4, 0.5) is 23.7 Å². The van der Waals surface area contributed by atoms with Crippen molar-refractivity contribution < 1.29 is 32.4 Å². The van der Waals surface area contributed by atoms with Crippen molar-refractivity contribution in [2.75, 3.05) is 13.1 Å². The van der Waals surface area contributed by atoms with Gasteiger partial charge in [0.05, 0.1) is 17.0 Å². The first kappa shape index (κ1) is 20.8. The number of alkyl halides is 3. The zero-order chi connectivity index (χ0) is 20.4. The number of halogens is 3. The van der Waals surface area contributed by atoms with Crippen LogP contribution in [0.1, 0.15) is 39.2 Å². The molecular weight excluding hydrogens is 369 g/mol. The Morgan fingerprint density at radius 2 is 1.96 bits per heavy atom. The number of nitro groups is 1. The molecule has 1 fully saturated rings. The molecule has 27 heavy (non-hydrogen) atoms. The highest BCUT2D eigenvalue weighted by Gasteiger charge is 2.34. The number of ether oxygens (including phenoxy) is 2. The summed E-state index contributed by atoms with van der Waals surface area (Å²) in [6.07, 6.45) is -4.89. The van der Waals surface area contributed by atoms with Gasteiger partial charge in [0, 0.05) is 12.6 Å². The third-order valence-electron chi connectivity index (χ3n) is 3.81. The fourth-order valence-electron chi connectivity index (χ4n) is 2.64. The SMILES string of the molecule is CC(C)(C)OC(=O)N1CCCC(Oc2cc(C(F)(F)F)ccc2[N+](=O)[O-])C1. The summed E-state index contributed by atoms with van der Waals surface area (Å²) in [7, 11) is 0. The number of benzene rings is 1. The predicted octanol–water partition coefficient (Wildman–Crippen LogP) is 4.39. The first-order chi connectivity index (χ1) is 12.4. The number of piperidine rings is 1. The lowest BCUT2D eigenvalue weighted by Crippen LogP contribution is -2.46. The molecule has 1 aliphatic rings. The molecule has 0 saturated carbocycles. The molecular formula is C17H21F3N2O5. The minimum atomic E-state index is -4.65. The number of hydrogen-bond donors (Lipinski definition) is 0. The fraction of sp³-hybridized carbons (Fsp3) is 0.588. The molecule has 0 N–H and O–H groups in total. The van der Waals surface area contributed by atoms with Gasteiger partial charge < -0.3 is 14.4 Å². The Morgan fingerprint density at radius 3 is 2.52 bits per heavy atom. The Balaban J connectivity index is 2.18. The van der Waals surface area contributed by atoms with E-state index < -0.39 is 45.9 Å². The highest BCUT2D eigenvalue weighted by molar-refractivity contribution is 5.68. The second-order valence-electron chi connectivity index (χ2n) is 7.25. The summed E-state index contributed by atoms with van der Waals surface area (Å²) < 4.78 is 49.5. The number of carbonyl (C=O) groups is 1. The molecule has 1 aromatic rings. The van der Waals surface area contributed by atoms with E-state index in [4.69, 9.17) is 9.47 Å². The van der Waals surface area contributed by atoms with Gasteiger partial charge in [0.1, 0.15) is 11.7 Å². The van der Waals surface area contributed by atoms with Gasteiger partial charge >= 0.3 is 18.0 Å². The van der Waals surface area contributed by atoms with Crippen molar-refractivity contribution in [3.63, 3.8) is 0 Å². The van der Waals surface area contributed by atoms with E-state index in [1.54, 1.807) is 20.8 Å². The molecule has 1 aromatic carbocycles. The van der Waals surface area contributed by atoms with Gasteiger partial charge in [-0.1, -0.05) is 0 Å². The number of rotatable bonds is 3. The summed E-state index contributed by atoms with van der Waals surface area (Å²) in [5, 5.41) is 11.1. The molecule has 1 heterocycles. The second-order valence-corrected chi connectivity index (χ2v) is 7.25. The standard InChI is InChI=1S/C17H21F3N2O5/c1-16(2,3)27-15(23)21-8-4-5-12(10-21)26-14-9-11(17(18,19)20)6-7-13(14)22(24)25/h6-7,9,12H,4-5,8,10H2,1-3H3. The van der Waals surface area contributed by atoms with Crippen molar-refractivity contribution >= 4 is 11.8 Å². The summed E-state index contributed by atoms with van der Waals surface area (Å²) in [6, 6.07) is 2.02. The Morgan fingerprint density at radius 1 is 1.30 bits per heavy atom. The van der Waals surface area contributed by atoms with Gasteiger partial charge in [-0.15, -0.1) is 0 Å². The van der Waals surface area contributed by atoms with Crippen molar-refractivity contribution in [1.29, 1.82) is 0 Å². The Kier molecular flexibility index (Phi) is 5.86. The largest absolute Gasteiger partial charge is 0.482 e. The number of amides is 1. The average molecular weight is 390 g/mol. The third kappa shape index (κ3) is 5.73. The molecule has 1 aliphatic heterocycles. The number of likely N-dealkylation sites (tertiary alicyclic amines) is 1. The molecule has 0 aromatic heterocycles. The van der Waals surface area contributed by atoms with E-state index >= 15 is 0 Å². The van der Waals surface area contributed by atoms with E-state index in [1.165, 1.54) is 4.90 Å². The van der Waals surface area contributed by atoms with Gasteiger partial charge in [0.15, 0.2) is 5.75 Å². The maximum Gasteiger partial charge on any atom is 0.416 e. The lowest BCUT2D eigenvalue weighted by atomic mass is 10.1. The van der Waals surface area contributed by atoms with E-state index in [2.05, 4.69) is 0 Å². The van der Waals surface area contributed by atoms with Crippen LogP contribution in [0, 0.1) is 10.1 Å². The molecule has 7 nitrogen and oxygen atoms in total.